The number of hydrogen-bond acceptors (Lipinski definition) is 4. The second kappa shape index (κ2) is 6.32. The molecule has 3 rings (SSSR count). The second-order valence-corrected chi connectivity index (χ2v) is 6.41. The summed E-state index contributed by atoms with van der Waals surface area (Å²) in [7, 11) is 2.11. The van der Waals surface area contributed by atoms with Gasteiger partial charge in [0.15, 0.2) is 0 Å². The van der Waals surface area contributed by atoms with Gasteiger partial charge in [0.25, 0.3) is 0 Å². The van der Waals surface area contributed by atoms with E-state index in [0.29, 0.717) is 15.7 Å². The zero-order chi connectivity index (χ0) is 15.7. The molecule has 0 saturated heterocycles. The van der Waals surface area contributed by atoms with Crippen molar-refractivity contribution in [3.8, 4) is 0 Å². The van der Waals surface area contributed by atoms with Gasteiger partial charge in [-0.25, -0.2) is 4.98 Å². The summed E-state index contributed by atoms with van der Waals surface area (Å²) >= 11 is 10.7. The summed E-state index contributed by atoms with van der Waals surface area (Å²) in [5.41, 5.74) is 11.0. The molecule has 2 N–H and O–H groups in total. The molecule has 0 amide bonds. The molecule has 1 aliphatic heterocycles. The number of hydrogen-bond donors (Lipinski definition) is 2. The maximum absolute atomic E-state index is 6.26. The minimum absolute atomic E-state index is 0.627. The SMILES string of the molecule is CN1CCc2nc(S)c(/C(N)=C/c3ccccc3Cl)cc2C1. The lowest BCUT2D eigenvalue weighted by Gasteiger charge is -2.25. The lowest BCUT2D eigenvalue weighted by atomic mass is 10.0. The lowest BCUT2D eigenvalue weighted by Crippen LogP contribution is -2.27. The van der Waals surface area contributed by atoms with E-state index in [-0.39, 0.29) is 0 Å². The molecule has 0 spiro atoms. The molecule has 3 nitrogen and oxygen atoms in total. The van der Waals surface area contributed by atoms with Gasteiger partial charge in [-0.05, 0) is 36.4 Å². The number of nitrogens with zero attached hydrogens (tertiary/aromatic N) is 2. The summed E-state index contributed by atoms with van der Waals surface area (Å²) in [5.74, 6) is 0. The van der Waals surface area contributed by atoms with Crippen LogP contribution in [0.5, 0.6) is 0 Å². The van der Waals surface area contributed by atoms with Gasteiger partial charge in [0.05, 0.1) is 0 Å². The summed E-state index contributed by atoms with van der Waals surface area (Å²) < 4.78 is 0. The molecular weight excluding hydrogens is 314 g/mol. The number of likely N-dealkylation sites (N-methyl/N-ethyl adjacent to an activating group) is 1. The van der Waals surface area contributed by atoms with Gasteiger partial charge in [-0.3, -0.25) is 0 Å². The summed E-state index contributed by atoms with van der Waals surface area (Å²) in [4.78, 5) is 6.89. The van der Waals surface area contributed by atoms with Gasteiger partial charge >= 0.3 is 0 Å². The van der Waals surface area contributed by atoms with Crippen molar-refractivity contribution in [1.29, 1.82) is 0 Å². The molecule has 0 bridgehead atoms. The maximum Gasteiger partial charge on any atom is 0.103 e. The third-order valence-corrected chi connectivity index (χ3v) is 4.55. The van der Waals surface area contributed by atoms with Gasteiger partial charge < -0.3 is 10.6 Å². The Hall–Kier alpha value is -1.49. The van der Waals surface area contributed by atoms with Gasteiger partial charge in [-0.1, -0.05) is 29.8 Å². The fourth-order valence-corrected chi connectivity index (χ4v) is 3.16. The van der Waals surface area contributed by atoms with Crippen LogP contribution in [0.2, 0.25) is 5.02 Å². The Morgan fingerprint density at radius 1 is 1.41 bits per heavy atom. The lowest BCUT2D eigenvalue weighted by molar-refractivity contribution is 0.309. The third kappa shape index (κ3) is 3.14. The number of benzene rings is 1. The van der Waals surface area contributed by atoms with Crippen molar-refractivity contribution in [3.05, 3.63) is 57.7 Å². The maximum atomic E-state index is 6.26. The highest BCUT2D eigenvalue weighted by molar-refractivity contribution is 7.80. The van der Waals surface area contributed by atoms with E-state index in [2.05, 4.69) is 35.6 Å². The first-order valence-corrected chi connectivity index (χ1v) is 7.99. The first-order chi connectivity index (χ1) is 10.5. The van der Waals surface area contributed by atoms with E-state index in [9.17, 15) is 0 Å². The predicted octanol–water partition coefficient (Wildman–Crippen LogP) is 3.47. The molecule has 1 aromatic carbocycles. The Labute approximate surface area is 141 Å². The monoisotopic (exact) mass is 331 g/mol. The van der Waals surface area contributed by atoms with Gasteiger partial charge in [0.1, 0.15) is 5.03 Å². The first kappa shape index (κ1) is 15.4. The van der Waals surface area contributed by atoms with E-state index >= 15 is 0 Å². The van der Waals surface area contributed by atoms with Gasteiger partial charge in [-0.15, -0.1) is 12.6 Å². The van der Waals surface area contributed by atoms with E-state index in [0.717, 1.165) is 36.3 Å². The Balaban J connectivity index is 2.01. The molecule has 0 radical (unpaired) electrons. The summed E-state index contributed by atoms with van der Waals surface area (Å²) in [6, 6.07) is 9.72. The van der Waals surface area contributed by atoms with Gasteiger partial charge in [0.2, 0.25) is 0 Å². The number of aromatic nitrogens is 1. The second-order valence-electron chi connectivity index (χ2n) is 5.57. The number of pyridine rings is 1. The zero-order valence-corrected chi connectivity index (χ0v) is 14.0. The van der Waals surface area contributed by atoms with Crippen LogP contribution in [-0.2, 0) is 13.0 Å². The van der Waals surface area contributed by atoms with Crippen LogP contribution < -0.4 is 5.73 Å². The fourth-order valence-electron chi connectivity index (χ4n) is 2.65. The number of nitrogens with two attached hydrogens (primary N) is 1. The highest BCUT2D eigenvalue weighted by Crippen LogP contribution is 2.27. The minimum Gasteiger partial charge on any atom is -0.398 e. The minimum atomic E-state index is 0.627. The Bertz CT molecular complexity index is 743. The van der Waals surface area contributed by atoms with Crippen molar-refractivity contribution >= 4 is 36.0 Å². The van der Waals surface area contributed by atoms with E-state index < -0.39 is 0 Å². The summed E-state index contributed by atoms with van der Waals surface area (Å²) in [5, 5.41) is 1.35. The average Bonchev–Trinajstić information content (AvgIpc) is 2.49. The Morgan fingerprint density at radius 3 is 2.95 bits per heavy atom. The molecule has 0 aliphatic carbocycles. The van der Waals surface area contributed by atoms with Crippen LogP contribution in [0, 0.1) is 0 Å². The number of halogens is 1. The zero-order valence-electron chi connectivity index (χ0n) is 12.4. The summed E-state index contributed by atoms with van der Waals surface area (Å²) in [6.07, 6.45) is 2.83. The van der Waals surface area contributed by atoms with Crippen molar-refractivity contribution in [3.63, 3.8) is 0 Å². The number of fused-ring (bicyclic) bond motifs is 1. The molecule has 0 unspecified atom stereocenters. The van der Waals surface area contributed by atoms with E-state index in [1.807, 2.05) is 30.3 Å². The third-order valence-electron chi connectivity index (χ3n) is 3.87. The Morgan fingerprint density at radius 2 is 2.18 bits per heavy atom. The molecule has 2 aromatic rings. The van der Waals surface area contributed by atoms with Crippen LogP contribution >= 0.6 is 24.2 Å². The molecule has 0 fully saturated rings. The van der Waals surface area contributed by atoms with Crippen LogP contribution in [0.4, 0.5) is 0 Å². The predicted molar refractivity (Wildman–Crippen MR) is 95.0 cm³/mol. The molecule has 1 aliphatic rings. The molecule has 2 heterocycles. The number of rotatable bonds is 2. The van der Waals surface area contributed by atoms with Gasteiger partial charge in [0, 0.05) is 41.5 Å². The molecule has 5 heteroatoms. The van der Waals surface area contributed by atoms with Gasteiger partial charge in [-0.2, -0.15) is 0 Å². The van der Waals surface area contributed by atoms with Crippen molar-refractivity contribution in [2.24, 2.45) is 5.73 Å². The van der Waals surface area contributed by atoms with Crippen LogP contribution in [-0.4, -0.2) is 23.5 Å². The highest BCUT2D eigenvalue weighted by atomic mass is 35.5. The molecule has 22 heavy (non-hydrogen) atoms. The molecule has 0 atom stereocenters. The van der Waals surface area contributed by atoms with Crippen LogP contribution in [0.15, 0.2) is 35.4 Å². The molecule has 114 valence electrons. The first-order valence-electron chi connectivity index (χ1n) is 7.17. The molecule has 0 saturated carbocycles. The normalized spacial score (nSPS) is 15.7. The fraction of sp³-hybridized carbons (Fsp3) is 0.235. The van der Waals surface area contributed by atoms with Crippen molar-refractivity contribution in [2.75, 3.05) is 13.6 Å². The standard InChI is InChI=1S/C17H18ClN3S/c1-21-7-6-16-12(10-21)8-13(17(22)20-16)15(19)9-11-4-2-3-5-14(11)18/h2-5,8-9H,6-7,10,19H2,1H3,(H,20,22)/b15-9-. The molecular formula is C17H18ClN3S. The van der Waals surface area contributed by atoms with Crippen molar-refractivity contribution in [2.45, 2.75) is 18.0 Å². The summed E-state index contributed by atoms with van der Waals surface area (Å²) in [6.45, 7) is 1.92. The largest absolute Gasteiger partial charge is 0.398 e. The smallest absolute Gasteiger partial charge is 0.103 e. The van der Waals surface area contributed by atoms with Crippen LogP contribution in [0.25, 0.3) is 11.8 Å². The van der Waals surface area contributed by atoms with E-state index in [1.54, 1.807) is 0 Å². The van der Waals surface area contributed by atoms with E-state index in [1.165, 1.54) is 5.56 Å². The topological polar surface area (TPSA) is 42.2 Å². The van der Waals surface area contributed by atoms with Crippen LogP contribution in [0.3, 0.4) is 0 Å². The van der Waals surface area contributed by atoms with Crippen molar-refractivity contribution in [1.82, 2.24) is 9.88 Å². The highest BCUT2D eigenvalue weighted by Gasteiger charge is 2.17. The Kier molecular flexibility index (Phi) is 4.43. The quantitative estimate of drug-likeness (QED) is 0.828. The number of thiol groups is 1. The van der Waals surface area contributed by atoms with Crippen molar-refractivity contribution < 1.29 is 0 Å². The average molecular weight is 332 g/mol. The van der Waals surface area contributed by atoms with E-state index in [4.69, 9.17) is 17.3 Å². The van der Waals surface area contributed by atoms with Crippen LogP contribution in [0.1, 0.15) is 22.4 Å². The molecule has 1 aromatic heterocycles.